The number of rotatable bonds is 0. The number of hydrogen-bond donors (Lipinski definition) is 0. The first-order valence-electron chi connectivity index (χ1n) is 2.61. The van der Waals surface area contributed by atoms with Gasteiger partial charge in [-0.2, -0.15) is 0 Å². The molecule has 0 aromatic rings. The van der Waals surface area contributed by atoms with Gasteiger partial charge in [0.25, 0.3) is 0 Å². The first kappa shape index (κ1) is 7.54. The van der Waals surface area contributed by atoms with Gasteiger partial charge < -0.3 is 4.74 Å². The Hall–Kier alpha value is 0.430. The average molecular weight is 258 g/mol. The van der Waals surface area contributed by atoms with Crippen LogP contribution in [-0.4, -0.2) is 15.3 Å². The molecule has 1 saturated heterocycles. The molecule has 0 N–H and O–H groups in total. The summed E-state index contributed by atoms with van der Waals surface area (Å²) in [6.07, 6.45) is 0.711. The third-order valence-electron chi connectivity index (χ3n) is 1.15. The van der Waals surface area contributed by atoms with E-state index in [0.717, 1.165) is 0 Å². The highest BCUT2D eigenvalue weighted by molar-refractivity contribution is 9.25. The number of hydrogen-bond acceptors (Lipinski definition) is 2. The van der Waals surface area contributed by atoms with Crippen molar-refractivity contribution in [3.8, 4) is 0 Å². The van der Waals surface area contributed by atoms with E-state index in [1.807, 2.05) is 6.92 Å². The molecule has 1 aliphatic rings. The second kappa shape index (κ2) is 2.23. The van der Waals surface area contributed by atoms with E-state index in [1.54, 1.807) is 0 Å². The molecule has 1 atom stereocenters. The van der Waals surface area contributed by atoms with Crippen LogP contribution in [0.4, 0.5) is 0 Å². The van der Waals surface area contributed by atoms with Crippen LogP contribution in [-0.2, 0) is 9.53 Å². The van der Waals surface area contributed by atoms with E-state index < -0.39 is 3.23 Å². The topological polar surface area (TPSA) is 26.3 Å². The molecule has 0 radical (unpaired) electrons. The van der Waals surface area contributed by atoms with E-state index in [9.17, 15) is 4.79 Å². The molecule has 1 unspecified atom stereocenters. The molecule has 0 spiro atoms. The first-order valence-corrected chi connectivity index (χ1v) is 4.20. The predicted molar refractivity (Wildman–Crippen MR) is 40.8 cm³/mol. The molecule has 1 aliphatic heterocycles. The zero-order chi connectivity index (χ0) is 7.07. The van der Waals surface area contributed by atoms with E-state index in [1.165, 1.54) is 0 Å². The van der Waals surface area contributed by atoms with Crippen LogP contribution in [0, 0.1) is 0 Å². The molecule has 0 bridgehead atoms. The van der Waals surface area contributed by atoms with Crippen LogP contribution in [0.5, 0.6) is 0 Å². The van der Waals surface area contributed by atoms with Crippen LogP contribution in [0.25, 0.3) is 0 Å². The summed E-state index contributed by atoms with van der Waals surface area (Å²) < 4.78 is 4.23. The monoisotopic (exact) mass is 256 g/mol. The van der Waals surface area contributed by atoms with E-state index in [0.29, 0.717) is 6.42 Å². The van der Waals surface area contributed by atoms with Gasteiger partial charge in [-0.1, -0.05) is 31.9 Å². The minimum Gasteiger partial charge on any atom is -0.461 e. The zero-order valence-electron chi connectivity index (χ0n) is 4.86. The average Bonchev–Trinajstić information content (AvgIpc) is 1.79. The quantitative estimate of drug-likeness (QED) is 0.489. The van der Waals surface area contributed by atoms with Crippen molar-refractivity contribution in [3.63, 3.8) is 0 Å². The third-order valence-corrected chi connectivity index (χ3v) is 2.45. The van der Waals surface area contributed by atoms with Gasteiger partial charge in [0.1, 0.15) is 6.10 Å². The molecular formula is C5H6Br2O2. The van der Waals surface area contributed by atoms with Gasteiger partial charge >= 0.3 is 5.97 Å². The summed E-state index contributed by atoms with van der Waals surface area (Å²) in [7, 11) is 0. The highest BCUT2D eigenvalue weighted by Crippen LogP contribution is 2.38. The Morgan fingerprint density at radius 1 is 1.78 bits per heavy atom. The van der Waals surface area contributed by atoms with Gasteiger partial charge in [0.2, 0.25) is 0 Å². The van der Waals surface area contributed by atoms with Gasteiger partial charge in [-0.25, -0.2) is 4.79 Å². The molecule has 0 aliphatic carbocycles. The summed E-state index contributed by atoms with van der Waals surface area (Å²) in [5, 5.41) is 0. The number of alkyl halides is 2. The lowest BCUT2D eigenvalue weighted by Crippen LogP contribution is -2.16. The summed E-state index contributed by atoms with van der Waals surface area (Å²) in [6.45, 7) is 1.86. The number of cyclic esters (lactones) is 1. The Morgan fingerprint density at radius 2 is 2.33 bits per heavy atom. The van der Waals surface area contributed by atoms with Gasteiger partial charge in [-0.05, 0) is 6.92 Å². The van der Waals surface area contributed by atoms with Crippen LogP contribution < -0.4 is 0 Å². The highest BCUT2D eigenvalue weighted by atomic mass is 79.9. The number of carbonyl (C=O) groups is 1. The molecule has 0 amide bonds. The van der Waals surface area contributed by atoms with Crippen LogP contribution in [0.15, 0.2) is 0 Å². The van der Waals surface area contributed by atoms with Gasteiger partial charge in [0.15, 0.2) is 3.23 Å². The van der Waals surface area contributed by atoms with Crippen molar-refractivity contribution in [2.24, 2.45) is 0 Å². The van der Waals surface area contributed by atoms with Crippen molar-refractivity contribution < 1.29 is 9.53 Å². The summed E-state index contributed by atoms with van der Waals surface area (Å²) >= 11 is 6.38. The Balaban J connectivity index is 2.70. The van der Waals surface area contributed by atoms with Crippen molar-refractivity contribution in [3.05, 3.63) is 0 Å². The molecule has 2 nitrogen and oxygen atoms in total. The standard InChI is InChI=1S/C5H6Br2O2/c1-3-2-5(6,7)4(8)9-3/h3H,2H2,1H3. The van der Waals surface area contributed by atoms with Gasteiger partial charge in [0, 0.05) is 6.42 Å². The molecule has 1 heterocycles. The third kappa shape index (κ3) is 1.46. The van der Waals surface area contributed by atoms with Gasteiger partial charge in [-0.15, -0.1) is 0 Å². The second-order valence-electron chi connectivity index (χ2n) is 2.12. The first-order chi connectivity index (χ1) is 4.02. The van der Waals surface area contributed by atoms with Crippen molar-refractivity contribution in [1.29, 1.82) is 0 Å². The molecular weight excluding hydrogens is 252 g/mol. The summed E-state index contributed by atoms with van der Waals surface area (Å²) in [6, 6.07) is 0. The summed E-state index contributed by atoms with van der Waals surface area (Å²) in [5.74, 6) is -0.227. The molecule has 0 aromatic carbocycles. The van der Waals surface area contributed by atoms with Crippen LogP contribution in [0.3, 0.4) is 0 Å². The second-order valence-corrected chi connectivity index (χ2v) is 5.90. The normalized spacial score (nSPS) is 32.3. The Bertz CT molecular complexity index is 144. The predicted octanol–water partition coefficient (Wildman–Crippen LogP) is 1.81. The van der Waals surface area contributed by atoms with Crippen LogP contribution in [0.2, 0.25) is 0 Å². The fourth-order valence-electron chi connectivity index (χ4n) is 0.755. The largest absolute Gasteiger partial charge is 0.461 e. The van der Waals surface area contributed by atoms with Crippen molar-refractivity contribution in [1.82, 2.24) is 0 Å². The lowest BCUT2D eigenvalue weighted by molar-refractivity contribution is -0.140. The Morgan fingerprint density at radius 3 is 2.44 bits per heavy atom. The number of carbonyl (C=O) groups excluding carboxylic acids is 1. The Labute approximate surface area is 70.2 Å². The fraction of sp³-hybridized carbons (Fsp3) is 0.800. The van der Waals surface area contributed by atoms with Gasteiger partial charge in [-0.3, -0.25) is 0 Å². The van der Waals surface area contributed by atoms with E-state index in [2.05, 4.69) is 31.9 Å². The maximum atomic E-state index is 10.8. The molecule has 9 heavy (non-hydrogen) atoms. The fourth-order valence-corrected chi connectivity index (χ4v) is 1.85. The number of ether oxygens (including phenoxy) is 1. The number of esters is 1. The molecule has 4 heteroatoms. The lowest BCUT2D eigenvalue weighted by atomic mass is 10.3. The van der Waals surface area contributed by atoms with Crippen LogP contribution in [0.1, 0.15) is 13.3 Å². The van der Waals surface area contributed by atoms with Crippen LogP contribution >= 0.6 is 31.9 Å². The van der Waals surface area contributed by atoms with E-state index in [4.69, 9.17) is 4.74 Å². The van der Waals surface area contributed by atoms with E-state index >= 15 is 0 Å². The summed E-state index contributed by atoms with van der Waals surface area (Å²) in [5.41, 5.74) is 0. The zero-order valence-corrected chi connectivity index (χ0v) is 8.03. The molecule has 0 saturated carbocycles. The SMILES string of the molecule is CC1CC(Br)(Br)C(=O)O1. The Kier molecular flexibility index (Phi) is 1.87. The maximum absolute atomic E-state index is 10.8. The number of halogens is 2. The molecule has 0 aromatic heterocycles. The van der Waals surface area contributed by atoms with Crippen molar-refractivity contribution >= 4 is 37.8 Å². The minimum atomic E-state index is -0.612. The van der Waals surface area contributed by atoms with Crippen molar-refractivity contribution in [2.75, 3.05) is 0 Å². The van der Waals surface area contributed by atoms with E-state index in [-0.39, 0.29) is 12.1 Å². The van der Waals surface area contributed by atoms with Crippen molar-refractivity contribution in [2.45, 2.75) is 22.7 Å². The smallest absolute Gasteiger partial charge is 0.334 e. The molecule has 1 rings (SSSR count). The maximum Gasteiger partial charge on any atom is 0.334 e. The summed E-state index contributed by atoms with van der Waals surface area (Å²) in [4.78, 5) is 10.8. The highest BCUT2D eigenvalue weighted by Gasteiger charge is 2.43. The molecule has 52 valence electrons. The minimum absolute atomic E-state index is 0.0243. The molecule has 1 fully saturated rings. The van der Waals surface area contributed by atoms with Gasteiger partial charge in [0.05, 0.1) is 0 Å². The lowest BCUT2D eigenvalue weighted by Gasteiger charge is -2.03.